The number of carbonyl (C=O) groups excluding carboxylic acids is 2. The Hall–Kier alpha value is -4.50. The standard InChI is InChI=1S/C27H27ClN4O5/c1-32(2)19-11-9-17(10-12-19)13-22(30-26(34)20-7-5-6-8-21(20)28)27(35)31-29-16-18-14-23(36-3)25(33)24(15-18)37-4/h5-16,33H,1-4H3,(H,30,34)(H,31,35)/b22-13?,29-16+. The Morgan fingerprint density at radius 1 is 0.973 bits per heavy atom. The number of halogens is 1. The number of ether oxygens (including phenoxy) is 2. The summed E-state index contributed by atoms with van der Waals surface area (Å²) in [5.74, 6) is -0.999. The largest absolute Gasteiger partial charge is 0.502 e. The number of rotatable bonds is 9. The zero-order valence-corrected chi connectivity index (χ0v) is 21.5. The maximum absolute atomic E-state index is 13.0. The van der Waals surface area contributed by atoms with Crippen LogP contribution in [-0.4, -0.2) is 51.5 Å². The molecule has 0 aliphatic carbocycles. The van der Waals surface area contributed by atoms with Gasteiger partial charge in [-0.3, -0.25) is 9.59 Å². The predicted octanol–water partition coefficient (Wildman–Crippen LogP) is 4.05. The first-order chi connectivity index (χ1) is 17.7. The molecule has 0 spiro atoms. The molecule has 3 aromatic rings. The highest BCUT2D eigenvalue weighted by molar-refractivity contribution is 6.34. The topological polar surface area (TPSA) is 112 Å². The molecule has 0 radical (unpaired) electrons. The molecule has 9 nitrogen and oxygen atoms in total. The number of hydrogen-bond donors (Lipinski definition) is 3. The summed E-state index contributed by atoms with van der Waals surface area (Å²) in [4.78, 5) is 27.8. The molecule has 3 aromatic carbocycles. The van der Waals surface area contributed by atoms with Crippen LogP contribution in [0.2, 0.25) is 5.02 Å². The van der Waals surface area contributed by atoms with Gasteiger partial charge in [0.15, 0.2) is 11.5 Å². The number of methoxy groups -OCH3 is 2. The van der Waals surface area contributed by atoms with E-state index in [1.165, 1.54) is 38.6 Å². The van der Waals surface area contributed by atoms with Crippen LogP contribution in [0, 0.1) is 0 Å². The van der Waals surface area contributed by atoms with Crippen LogP contribution in [0.1, 0.15) is 21.5 Å². The average Bonchev–Trinajstić information content (AvgIpc) is 2.89. The van der Waals surface area contributed by atoms with E-state index < -0.39 is 11.8 Å². The SMILES string of the molecule is COc1cc(/C=N/NC(=O)C(=Cc2ccc(N(C)C)cc2)NC(=O)c2ccccc2Cl)cc(OC)c1O. The lowest BCUT2D eigenvalue weighted by Gasteiger charge is -2.13. The van der Waals surface area contributed by atoms with Crippen molar-refractivity contribution in [3.63, 3.8) is 0 Å². The van der Waals surface area contributed by atoms with Gasteiger partial charge in [-0.25, -0.2) is 5.43 Å². The molecular weight excluding hydrogens is 496 g/mol. The molecule has 0 aliphatic rings. The van der Waals surface area contributed by atoms with E-state index in [1.54, 1.807) is 24.3 Å². The van der Waals surface area contributed by atoms with Gasteiger partial charge in [0, 0.05) is 25.3 Å². The molecule has 0 saturated heterocycles. The molecule has 10 heteroatoms. The smallest absolute Gasteiger partial charge is 0.287 e. The normalized spacial score (nSPS) is 11.2. The number of benzene rings is 3. The molecule has 0 heterocycles. The molecule has 37 heavy (non-hydrogen) atoms. The summed E-state index contributed by atoms with van der Waals surface area (Å²) in [6.45, 7) is 0. The molecule has 3 N–H and O–H groups in total. The minimum absolute atomic E-state index is 0.0412. The number of phenols is 1. The summed E-state index contributed by atoms with van der Waals surface area (Å²) in [7, 11) is 6.65. The lowest BCUT2D eigenvalue weighted by atomic mass is 10.1. The highest BCUT2D eigenvalue weighted by Gasteiger charge is 2.17. The van der Waals surface area contributed by atoms with Crippen molar-refractivity contribution in [2.24, 2.45) is 5.10 Å². The van der Waals surface area contributed by atoms with Crippen molar-refractivity contribution in [1.82, 2.24) is 10.7 Å². The van der Waals surface area contributed by atoms with Crippen LogP contribution in [0.15, 0.2) is 71.5 Å². The highest BCUT2D eigenvalue weighted by Crippen LogP contribution is 2.36. The van der Waals surface area contributed by atoms with Crippen LogP contribution >= 0.6 is 11.6 Å². The predicted molar refractivity (Wildman–Crippen MR) is 145 cm³/mol. The van der Waals surface area contributed by atoms with Crippen molar-refractivity contribution in [3.05, 3.63) is 88.1 Å². The van der Waals surface area contributed by atoms with Gasteiger partial charge in [0.25, 0.3) is 11.8 Å². The Bertz CT molecular complexity index is 1310. The summed E-state index contributed by atoms with van der Waals surface area (Å²) < 4.78 is 10.3. The van der Waals surface area contributed by atoms with Crippen LogP contribution in [0.4, 0.5) is 5.69 Å². The summed E-state index contributed by atoms with van der Waals surface area (Å²) in [5, 5.41) is 16.9. The number of phenolic OH excluding ortho intramolecular Hbond substituents is 1. The third-order valence-corrected chi connectivity index (χ3v) is 5.54. The van der Waals surface area contributed by atoms with Crippen molar-refractivity contribution >= 4 is 41.4 Å². The van der Waals surface area contributed by atoms with Crippen LogP contribution in [-0.2, 0) is 4.79 Å². The molecule has 3 rings (SSSR count). The van der Waals surface area contributed by atoms with E-state index in [-0.39, 0.29) is 33.5 Å². The van der Waals surface area contributed by atoms with E-state index in [4.69, 9.17) is 21.1 Å². The van der Waals surface area contributed by atoms with Crippen LogP contribution in [0.25, 0.3) is 6.08 Å². The zero-order chi connectivity index (χ0) is 26.9. The van der Waals surface area contributed by atoms with E-state index in [9.17, 15) is 14.7 Å². The van der Waals surface area contributed by atoms with E-state index in [1.807, 2.05) is 43.3 Å². The fourth-order valence-electron chi connectivity index (χ4n) is 3.24. The van der Waals surface area contributed by atoms with Crippen molar-refractivity contribution < 1.29 is 24.2 Å². The number of aromatic hydroxyl groups is 1. The monoisotopic (exact) mass is 522 g/mol. The second-order valence-corrected chi connectivity index (χ2v) is 8.36. The number of hydrogen-bond acceptors (Lipinski definition) is 7. The van der Waals surface area contributed by atoms with Crippen molar-refractivity contribution in [2.75, 3.05) is 33.2 Å². The first-order valence-electron chi connectivity index (χ1n) is 11.1. The van der Waals surface area contributed by atoms with Gasteiger partial charge in [-0.2, -0.15) is 5.10 Å². The van der Waals surface area contributed by atoms with Gasteiger partial charge >= 0.3 is 0 Å². The number of nitrogens with one attached hydrogen (secondary N) is 2. The molecule has 0 aromatic heterocycles. The van der Waals surface area contributed by atoms with Gasteiger partial charge < -0.3 is 24.8 Å². The van der Waals surface area contributed by atoms with E-state index in [2.05, 4.69) is 15.8 Å². The molecule has 192 valence electrons. The first kappa shape index (κ1) is 27.1. The minimum atomic E-state index is -0.661. The minimum Gasteiger partial charge on any atom is -0.502 e. The molecule has 2 amide bonds. The second kappa shape index (κ2) is 12.5. The lowest BCUT2D eigenvalue weighted by Crippen LogP contribution is -2.33. The maximum atomic E-state index is 13.0. The van der Waals surface area contributed by atoms with Gasteiger partial charge in [-0.1, -0.05) is 35.9 Å². The first-order valence-corrected chi connectivity index (χ1v) is 11.4. The molecule has 0 atom stereocenters. The van der Waals surface area contributed by atoms with E-state index in [0.29, 0.717) is 11.1 Å². The second-order valence-electron chi connectivity index (χ2n) is 7.95. The van der Waals surface area contributed by atoms with Crippen molar-refractivity contribution in [1.29, 1.82) is 0 Å². The van der Waals surface area contributed by atoms with Crippen molar-refractivity contribution in [2.45, 2.75) is 0 Å². The zero-order valence-electron chi connectivity index (χ0n) is 20.8. The van der Waals surface area contributed by atoms with Crippen LogP contribution in [0.3, 0.4) is 0 Å². The summed E-state index contributed by atoms with van der Waals surface area (Å²) in [6.07, 6.45) is 2.88. The summed E-state index contributed by atoms with van der Waals surface area (Å²) >= 11 is 6.15. The van der Waals surface area contributed by atoms with Crippen LogP contribution < -0.4 is 25.1 Å². The molecule has 0 unspecified atom stereocenters. The fraction of sp³-hybridized carbons (Fsp3) is 0.148. The van der Waals surface area contributed by atoms with E-state index in [0.717, 1.165) is 5.69 Å². The van der Waals surface area contributed by atoms with E-state index >= 15 is 0 Å². The lowest BCUT2D eigenvalue weighted by molar-refractivity contribution is -0.117. The van der Waals surface area contributed by atoms with Gasteiger partial charge in [0.1, 0.15) is 5.70 Å². The molecule has 0 aliphatic heterocycles. The number of anilines is 1. The van der Waals surface area contributed by atoms with Gasteiger partial charge in [-0.05, 0) is 48.0 Å². The molecule has 0 fully saturated rings. The summed E-state index contributed by atoms with van der Waals surface area (Å²) in [5.41, 5.74) is 4.75. The Morgan fingerprint density at radius 2 is 1.59 bits per heavy atom. The van der Waals surface area contributed by atoms with Gasteiger partial charge in [0.2, 0.25) is 5.75 Å². The number of amides is 2. The maximum Gasteiger partial charge on any atom is 0.287 e. The Morgan fingerprint density at radius 3 is 2.16 bits per heavy atom. The number of hydrazone groups is 1. The number of carbonyl (C=O) groups is 2. The molecule has 0 bridgehead atoms. The third kappa shape index (κ3) is 7.02. The van der Waals surface area contributed by atoms with Crippen molar-refractivity contribution in [3.8, 4) is 17.2 Å². The highest BCUT2D eigenvalue weighted by atomic mass is 35.5. The quantitative estimate of drug-likeness (QED) is 0.222. The Balaban J connectivity index is 1.87. The average molecular weight is 523 g/mol. The Labute approximate surface area is 220 Å². The third-order valence-electron chi connectivity index (χ3n) is 5.21. The van der Waals surface area contributed by atoms with Gasteiger partial charge in [0.05, 0.1) is 31.0 Å². The summed E-state index contributed by atoms with van der Waals surface area (Å²) in [6, 6.07) is 17.0. The van der Waals surface area contributed by atoms with Crippen LogP contribution in [0.5, 0.6) is 17.2 Å². The van der Waals surface area contributed by atoms with Gasteiger partial charge in [-0.15, -0.1) is 0 Å². The fourth-order valence-corrected chi connectivity index (χ4v) is 3.46. The molecular formula is C27H27ClN4O5. The number of nitrogens with zero attached hydrogens (tertiary/aromatic N) is 2. The Kier molecular flexibility index (Phi) is 9.12. The molecule has 0 saturated carbocycles.